The molecule has 0 fully saturated rings. The van der Waals surface area contributed by atoms with Crippen LogP contribution in [0.3, 0.4) is 0 Å². The first-order valence-corrected chi connectivity index (χ1v) is 5.93. The van der Waals surface area contributed by atoms with Crippen molar-refractivity contribution in [2.45, 2.75) is 46.5 Å². The van der Waals surface area contributed by atoms with Crippen molar-refractivity contribution in [1.82, 2.24) is 10.6 Å². The van der Waals surface area contributed by atoms with Crippen molar-refractivity contribution in [1.29, 1.82) is 0 Å². The Kier molecular flexibility index (Phi) is 7.39. The highest BCUT2D eigenvalue weighted by molar-refractivity contribution is 5.75. The van der Waals surface area contributed by atoms with Gasteiger partial charge in [0.1, 0.15) is 0 Å². The molecule has 0 saturated carbocycles. The van der Waals surface area contributed by atoms with E-state index in [1.54, 1.807) is 0 Å². The van der Waals surface area contributed by atoms with E-state index in [2.05, 4.69) is 31.4 Å². The number of hydrogen-bond donors (Lipinski definition) is 2. The number of nitrogens with one attached hydrogen (secondary N) is 2. The molecule has 0 aliphatic rings. The van der Waals surface area contributed by atoms with E-state index in [1.807, 2.05) is 7.05 Å². The molecule has 1 amide bonds. The number of carbonyl (C=O) groups excluding carboxylic acids is 1. The molecule has 0 aliphatic carbocycles. The molecule has 0 rings (SSSR count). The molecule has 0 heterocycles. The second-order valence-corrected chi connectivity index (χ2v) is 4.93. The van der Waals surface area contributed by atoms with E-state index in [0.29, 0.717) is 6.42 Å². The minimum absolute atomic E-state index is 0.134. The Morgan fingerprint density at radius 1 is 1.20 bits per heavy atom. The average Bonchev–Trinajstić information content (AvgIpc) is 2.15. The molecule has 3 heteroatoms. The van der Waals surface area contributed by atoms with Gasteiger partial charge in [-0.2, -0.15) is 0 Å². The number of amides is 1. The zero-order valence-corrected chi connectivity index (χ0v) is 10.7. The fourth-order valence-corrected chi connectivity index (χ4v) is 1.50. The Morgan fingerprint density at radius 2 is 1.87 bits per heavy atom. The summed E-state index contributed by atoms with van der Waals surface area (Å²) < 4.78 is 0. The highest BCUT2D eigenvalue weighted by Gasteiger charge is 2.17. The van der Waals surface area contributed by atoms with Gasteiger partial charge in [-0.25, -0.2) is 0 Å². The zero-order chi connectivity index (χ0) is 11.7. The fourth-order valence-electron chi connectivity index (χ4n) is 1.50. The average molecular weight is 214 g/mol. The van der Waals surface area contributed by atoms with Crippen LogP contribution >= 0.6 is 0 Å². The molecule has 0 unspecified atom stereocenters. The summed E-state index contributed by atoms with van der Waals surface area (Å²) in [5, 5.41) is 6.12. The molecule has 0 atom stereocenters. The standard InChI is InChI=1S/C12H26N2O/c1-5-6-7-8-11(15)14-10-12(2,3)9-13-4/h13H,5-10H2,1-4H3,(H,14,15). The van der Waals surface area contributed by atoms with Crippen LogP contribution in [0, 0.1) is 5.41 Å². The van der Waals surface area contributed by atoms with Gasteiger partial charge in [0.2, 0.25) is 5.91 Å². The van der Waals surface area contributed by atoms with Crippen molar-refractivity contribution in [3.05, 3.63) is 0 Å². The maximum absolute atomic E-state index is 11.4. The van der Waals surface area contributed by atoms with Crippen molar-refractivity contribution in [2.24, 2.45) is 5.41 Å². The lowest BCUT2D eigenvalue weighted by Gasteiger charge is -2.24. The summed E-state index contributed by atoms with van der Waals surface area (Å²) in [7, 11) is 1.94. The Labute approximate surface area is 94.0 Å². The second-order valence-electron chi connectivity index (χ2n) is 4.93. The van der Waals surface area contributed by atoms with Gasteiger partial charge in [-0.1, -0.05) is 33.6 Å². The lowest BCUT2D eigenvalue weighted by Crippen LogP contribution is -2.39. The largest absolute Gasteiger partial charge is 0.356 e. The van der Waals surface area contributed by atoms with Crippen LogP contribution in [0.25, 0.3) is 0 Å². The number of rotatable bonds is 8. The van der Waals surface area contributed by atoms with Crippen LogP contribution in [-0.4, -0.2) is 26.0 Å². The van der Waals surface area contributed by atoms with E-state index in [-0.39, 0.29) is 11.3 Å². The number of unbranched alkanes of at least 4 members (excludes halogenated alkanes) is 2. The minimum atomic E-state index is 0.134. The second kappa shape index (κ2) is 7.69. The van der Waals surface area contributed by atoms with Gasteiger partial charge in [-0.3, -0.25) is 4.79 Å². The third-order valence-corrected chi connectivity index (χ3v) is 2.43. The predicted molar refractivity (Wildman–Crippen MR) is 64.9 cm³/mol. The Hall–Kier alpha value is -0.570. The topological polar surface area (TPSA) is 41.1 Å². The van der Waals surface area contributed by atoms with Crippen LogP contribution in [0.4, 0.5) is 0 Å². The van der Waals surface area contributed by atoms with Crippen molar-refractivity contribution in [3.63, 3.8) is 0 Å². The summed E-state index contributed by atoms with van der Waals surface area (Å²) in [5.74, 6) is 0.188. The van der Waals surface area contributed by atoms with Gasteiger partial charge in [0.25, 0.3) is 0 Å². The molecule has 2 N–H and O–H groups in total. The molecule has 0 aliphatic heterocycles. The summed E-state index contributed by atoms with van der Waals surface area (Å²) in [6.07, 6.45) is 3.99. The first-order chi connectivity index (χ1) is 7.02. The van der Waals surface area contributed by atoms with Gasteiger partial charge in [0.05, 0.1) is 0 Å². The molecule has 15 heavy (non-hydrogen) atoms. The third kappa shape index (κ3) is 8.43. The third-order valence-electron chi connectivity index (χ3n) is 2.43. The van der Waals surface area contributed by atoms with E-state index >= 15 is 0 Å². The summed E-state index contributed by atoms with van der Waals surface area (Å²) in [5.41, 5.74) is 0.134. The van der Waals surface area contributed by atoms with Crippen molar-refractivity contribution >= 4 is 5.91 Å². The molecule has 0 aromatic carbocycles. The monoisotopic (exact) mass is 214 g/mol. The molecule has 0 radical (unpaired) electrons. The molecule has 90 valence electrons. The molecular weight excluding hydrogens is 188 g/mol. The van der Waals surface area contributed by atoms with Crippen molar-refractivity contribution in [2.75, 3.05) is 20.1 Å². The van der Waals surface area contributed by atoms with Crippen LogP contribution in [0.2, 0.25) is 0 Å². The highest BCUT2D eigenvalue weighted by atomic mass is 16.1. The van der Waals surface area contributed by atoms with Crippen molar-refractivity contribution in [3.8, 4) is 0 Å². The van der Waals surface area contributed by atoms with Crippen molar-refractivity contribution < 1.29 is 4.79 Å². The van der Waals surface area contributed by atoms with Gasteiger partial charge in [0.15, 0.2) is 0 Å². The van der Waals surface area contributed by atoms with Gasteiger partial charge in [0, 0.05) is 19.5 Å². The molecule has 0 aromatic heterocycles. The Morgan fingerprint density at radius 3 is 2.40 bits per heavy atom. The fraction of sp³-hybridized carbons (Fsp3) is 0.917. The van der Waals surface area contributed by atoms with Gasteiger partial charge < -0.3 is 10.6 Å². The molecule has 3 nitrogen and oxygen atoms in total. The molecule has 0 spiro atoms. The summed E-state index contributed by atoms with van der Waals surface area (Å²) >= 11 is 0. The quantitative estimate of drug-likeness (QED) is 0.606. The van der Waals surface area contributed by atoms with E-state index in [9.17, 15) is 4.79 Å². The van der Waals surface area contributed by atoms with Gasteiger partial charge >= 0.3 is 0 Å². The first kappa shape index (κ1) is 14.4. The Balaban J connectivity index is 3.60. The Bertz CT molecular complexity index is 178. The van der Waals surface area contributed by atoms with Crippen LogP contribution in [0.5, 0.6) is 0 Å². The molecular formula is C12H26N2O. The lowest BCUT2D eigenvalue weighted by atomic mass is 9.93. The van der Waals surface area contributed by atoms with E-state index < -0.39 is 0 Å². The maximum atomic E-state index is 11.4. The number of hydrogen-bond acceptors (Lipinski definition) is 2. The van der Waals surface area contributed by atoms with Crippen LogP contribution < -0.4 is 10.6 Å². The van der Waals surface area contributed by atoms with E-state index in [4.69, 9.17) is 0 Å². The van der Waals surface area contributed by atoms with Gasteiger partial charge in [-0.05, 0) is 18.9 Å². The SMILES string of the molecule is CCCCCC(=O)NCC(C)(C)CNC. The van der Waals surface area contributed by atoms with E-state index in [1.165, 1.54) is 6.42 Å². The normalized spacial score (nSPS) is 11.5. The number of carbonyl (C=O) groups is 1. The van der Waals surface area contributed by atoms with Crippen LogP contribution in [-0.2, 0) is 4.79 Å². The predicted octanol–water partition coefficient (Wildman–Crippen LogP) is 1.93. The lowest BCUT2D eigenvalue weighted by molar-refractivity contribution is -0.121. The summed E-state index contributed by atoms with van der Waals surface area (Å²) in [6.45, 7) is 8.11. The zero-order valence-electron chi connectivity index (χ0n) is 10.7. The van der Waals surface area contributed by atoms with E-state index in [0.717, 1.165) is 25.9 Å². The maximum Gasteiger partial charge on any atom is 0.220 e. The van der Waals surface area contributed by atoms with Crippen LogP contribution in [0.15, 0.2) is 0 Å². The summed E-state index contributed by atoms with van der Waals surface area (Å²) in [6, 6.07) is 0. The highest BCUT2D eigenvalue weighted by Crippen LogP contribution is 2.11. The first-order valence-electron chi connectivity index (χ1n) is 5.93. The van der Waals surface area contributed by atoms with Gasteiger partial charge in [-0.15, -0.1) is 0 Å². The van der Waals surface area contributed by atoms with Crippen LogP contribution in [0.1, 0.15) is 46.5 Å². The molecule has 0 aromatic rings. The molecule has 0 saturated heterocycles. The molecule has 0 bridgehead atoms. The minimum Gasteiger partial charge on any atom is -0.356 e. The smallest absolute Gasteiger partial charge is 0.220 e. The summed E-state index contributed by atoms with van der Waals surface area (Å²) in [4.78, 5) is 11.4.